The van der Waals surface area contributed by atoms with Crippen molar-refractivity contribution in [1.29, 1.82) is 5.26 Å². The maximum atomic E-state index is 12.0. The normalized spacial score (nSPS) is 15.5. The van der Waals surface area contributed by atoms with E-state index in [0.29, 0.717) is 5.56 Å². The highest BCUT2D eigenvalue weighted by atomic mass is 16.5. The summed E-state index contributed by atoms with van der Waals surface area (Å²) < 4.78 is 5.26. The van der Waals surface area contributed by atoms with Crippen molar-refractivity contribution in [3.63, 3.8) is 0 Å². The summed E-state index contributed by atoms with van der Waals surface area (Å²) in [6.07, 6.45) is 1.37. The molecule has 0 heterocycles. The zero-order chi connectivity index (χ0) is 15.2. The summed E-state index contributed by atoms with van der Waals surface area (Å²) in [4.78, 5) is 14.3. The Morgan fingerprint density at radius 1 is 1.33 bits per heavy atom. The standard InChI is InChI=1S/C17H22N2O2/c1-3-19(4-2)12-13-5-7-15(8-6-13)17(20)21-16(11-18)14-9-10-14/h5-8,14,16H,3-4,9-10,12H2,1-2H3. The predicted octanol–water partition coefficient (Wildman–Crippen LogP) is 2.99. The molecule has 1 saturated carbocycles. The Kier molecular flexibility index (Phi) is 5.35. The van der Waals surface area contributed by atoms with E-state index >= 15 is 0 Å². The van der Waals surface area contributed by atoms with Crippen molar-refractivity contribution in [2.24, 2.45) is 5.92 Å². The number of nitrogens with zero attached hydrogens (tertiary/aromatic N) is 2. The summed E-state index contributed by atoms with van der Waals surface area (Å²) in [5.41, 5.74) is 1.69. The Balaban J connectivity index is 1.94. The molecule has 21 heavy (non-hydrogen) atoms. The minimum Gasteiger partial charge on any atom is -0.443 e. The van der Waals surface area contributed by atoms with Crippen molar-refractivity contribution >= 4 is 5.97 Å². The molecule has 1 unspecified atom stereocenters. The van der Waals surface area contributed by atoms with Crippen LogP contribution in [0.4, 0.5) is 0 Å². The van der Waals surface area contributed by atoms with Gasteiger partial charge < -0.3 is 4.74 Å². The molecule has 1 aliphatic carbocycles. The number of esters is 1. The Morgan fingerprint density at radius 2 is 1.95 bits per heavy atom. The SMILES string of the molecule is CCN(CC)Cc1ccc(C(=O)OC(C#N)C2CC2)cc1. The third-order valence-corrected chi connectivity index (χ3v) is 3.90. The lowest BCUT2D eigenvalue weighted by atomic mass is 10.1. The first-order valence-corrected chi connectivity index (χ1v) is 7.59. The van der Waals surface area contributed by atoms with Crippen molar-refractivity contribution < 1.29 is 9.53 Å². The Hall–Kier alpha value is -1.86. The zero-order valence-electron chi connectivity index (χ0n) is 12.7. The molecule has 0 aromatic heterocycles. The van der Waals surface area contributed by atoms with Gasteiger partial charge in [-0.15, -0.1) is 0 Å². The molecule has 1 fully saturated rings. The van der Waals surface area contributed by atoms with Crippen LogP contribution in [-0.4, -0.2) is 30.1 Å². The van der Waals surface area contributed by atoms with Crippen LogP contribution < -0.4 is 0 Å². The van der Waals surface area contributed by atoms with E-state index in [2.05, 4.69) is 24.8 Å². The number of carbonyl (C=O) groups is 1. The predicted molar refractivity (Wildman–Crippen MR) is 80.6 cm³/mol. The molecule has 1 aliphatic rings. The van der Waals surface area contributed by atoms with Crippen molar-refractivity contribution in [3.8, 4) is 6.07 Å². The van der Waals surface area contributed by atoms with E-state index in [1.54, 1.807) is 12.1 Å². The minimum absolute atomic E-state index is 0.237. The van der Waals surface area contributed by atoms with E-state index in [-0.39, 0.29) is 5.92 Å². The van der Waals surface area contributed by atoms with Gasteiger partial charge in [0.05, 0.1) is 5.56 Å². The lowest BCUT2D eigenvalue weighted by Gasteiger charge is -2.18. The third-order valence-electron chi connectivity index (χ3n) is 3.90. The molecule has 4 nitrogen and oxygen atoms in total. The molecule has 0 amide bonds. The maximum absolute atomic E-state index is 12.0. The number of nitriles is 1. The molecule has 0 spiro atoms. The lowest BCUT2D eigenvalue weighted by molar-refractivity contribution is 0.0370. The quantitative estimate of drug-likeness (QED) is 0.723. The van der Waals surface area contributed by atoms with Crippen molar-refractivity contribution in [2.45, 2.75) is 39.3 Å². The first-order valence-electron chi connectivity index (χ1n) is 7.59. The second-order valence-electron chi connectivity index (χ2n) is 5.45. The molecule has 0 radical (unpaired) electrons. The van der Waals surface area contributed by atoms with Crippen LogP contribution in [0.15, 0.2) is 24.3 Å². The van der Waals surface area contributed by atoms with Gasteiger partial charge in [0.2, 0.25) is 0 Å². The number of carbonyl (C=O) groups excluding carboxylic acids is 1. The fraction of sp³-hybridized carbons (Fsp3) is 0.529. The summed E-state index contributed by atoms with van der Waals surface area (Å²) in [6.45, 7) is 7.16. The number of hydrogen-bond acceptors (Lipinski definition) is 4. The van der Waals surface area contributed by atoms with E-state index in [9.17, 15) is 4.79 Å². The van der Waals surface area contributed by atoms with E-state index < -0.39 is 12.1 Å². The van der Waals surface area contributed by atoms with Crippen LogP contribution in [0, 0.1) is 17.2 Å². The van der Waals surface area contributed by atoms with Crippen LogP contribution in [0.25, 0.3) is 0 Å². The third kappa shape index (κ3) is 4.30. The summed E-state index contributed by atoms with van der Waals surface area (Å²) in [5.74, 6) is -0.163. The molecule has 112 valence electrons. The van der Waals surface area contributed by atoms with E-state index in [4.69, 9.17) is 10.00 Å². The van der Waals surface area contributed by atoms with Gasteiger partial charge in [-0.05, 0) is 43.6 Å². The number of benzene rings is 1. The highest BCUT2D eigenvalue weighted by molar-refractivity contribution is 5.89. The van der Waals surface area contributed by atoms with E-state index in [0.717, 1.165) is 32.5 Å². The Labute approximate surface area is 126 Å². The van der Waals surface area contributed by atoms with Crippen LogP contribution in [0.2, 0.25) is 0 Å². The molecule has 1 aromatic rings. The van der Waals surface area contributed by atoms with Crippen molar-refractivity contribution in [1.82, 2.24) is 4.90 Å². The number of ether oxygens (including phenoxy) is 1. The lowest BCUT2D eigenvalue weighted by Crippen LogP contribution is -2.22. The first-order chi connectivity index (χ1) is 10.2. The van der Waals surface area contributed by atoms with Gasteiger partial charge in [-0.2, -0.15) is 5.26 Å². The largest absolute Gasteiger partial charge is 0.443 e. The monoisotopic (exact) mass is 286 g/mol. The van der Waals surface area contributed by atoms with Crippen LogP contribution in [-0.2, 0) is 11.3 Å². The Morgan fingerprint density at radius 3 is 2.43 bits per heavy atom. The molecule has 4 heteroatoms. The van der Waals surface area contributed by atoms with Gasteiger partial charge >= 0.3 is 5.97 Å². The average molecular weight is 286 g/mol. The Bertz CT molecular complexity index is 511. The van der Waals surface area contributed by atoms with Crippen LogP contribution in [0.1, 0.15) is 42.6 Å². The molecular formula is C17H22N2O2. The maximum Gasteiger partial charge on any atom is 0.339 e. The van der Waals surface area contributed by atoms with Gasteiger partial charge in [0, 0.05) is 12.5 Å². The molecule has 0 saturated heterocycles. The average Bonchev–Trinajstić information content (AvgIpc) is 3.35. The highest BCUT2D eigenvalue weighted by Crippen LogP contribution is 2.34. The molecule has 0 N–H and O–H groups in total. The minimum atomic E-state index is -0.590. The highest BCUT2D eigenvalue weighted by Gasteiger charge is 2.34. The van der Waals surface area contributed by atoms with Gasteiger partial charge in [0.25, 0.3) is 0 Å². The second-order valence-corrected chi connectivity index (χ2v) is 5.45. The van der Waals surface area contributed by atoms with Crippen molar-refractivity contribution in [2.75, 3.05) is 13.1 Å². The van der Waals surface area contributed by atoms with Crippen molar-refractivity contribution in [3.05, 3.63) is 35.4 Å². The summed E-state index contributed by atoms with van der Waals surface area (Å²) >= 11 is 0. The molecule has 2 rings (SSSR count). The van der Waals surface area contributed by atoms with Crippen LogP contribution in [0.3, 0.4) is 0 Å². The topological polar surface area (TPSA) is 53.3 Å². The number of hydrogen-bond donors (Lipinski definition) is 0. The van der Waals surface area contributed by atoms with E-state index in [1.807, 2.05) is 12.1 Å². The summed E-state index contributed by atoms with van der Waals surface area (Å²) in [6, 6.07) is 9.53. The second kappa shape index (κ2) is 7.24. The van der Waals surface area contributed by atoms with Gasteiger partial charge in [-0.3, -0.25) is 4.90 Å². The smallest absolute Gasteiger partial charge is 0.339 e. The summed E-state index contributed by atoms with van der Waals surface area (Å²) in [5, 5.41) is 9.00. The first kappa shape index (κ1) is 15.5. The molecular weight excluding hydrogens is 264 g/mol. The molecule has 1 aromatic carbocycles. The molecule has 1 atom stereocenters. The van der Waals surface area contributed by atoms with E-state index in [1.165, 1.54) is 5.56 Å². The van der Waals surface area contributed by atoms with Gasteiger partial charge in [-0.25, -0.2) is 4.79 Å². The zero-order valence-corrected chi connectivity index (χ0v) is 12.7. The van der Waals surface area contributed by atoms with Gasteiger partial charge in [0.1, 0.15) is 6.07 Å². The van der Waals surface area contributed by atoms with Crippen LogP contribution in [0.5, 0.6) is 0 Å². The fourth-order valence-corrected chi connectivity index (χ4v) is 2.26. The fourth-order valence-electron chi connectivity index (χ4n) is 2.26. The molecule has 0 bridgehead atoms. The van der Waals surface area contributed by atoms with Gasteiger partial charge in [0.15, 0.2) is 6.10 Å². The number of rotatable bonds is 7. The van der Waals surface area contributed by atoms with Crippen LogP contribution >= 0.6 is 0 Å². The summed E-state index contributed by atoms with van der Waals surface area (Å²) in [7, 11) is 0. The molecule has 0 aliphatic heterocycles. The van der Waals surface area contributed by atoms with Gasteiger partial charge in [-0.1, -0.05) is 26.0 Å².